The predicted molar refractivity (Wildman–Crippen MR) is 107 cm³/mol. The van der Waals surface area contributed by atoms with Gasteiger partial charge in [-0.15, -0.1) is 0 Å². The monoisotopic (exact) mass is 325 g/mol. The second-order valence-electron chi connectivity index (χ2n) is 7.17. The van der Waals surface area contributed by atoms with E-state index in [1.54, 1.807) is 0 Å². The highest BCUT2D eigenvalue weighted by molar-refractivity contribution is 5.66. The maximum absolute atomic E-state index is 3.70. The van der Waals surface area contributed by atoms with Crippen molar-refractivity contribution in [3.05, 3.63) is 107 Å². The van der Waals surface area contributed by atoms with Gasteiger partial charge in [0.2, 0.25) is 0 Å². The van der Waals surface area contributed by atoms with E-state index in [0.717, 1.165) is 5.69 Å². The van der Waals surface area contributed by atoms with Crippen molar-refractivity contribution in [1.82, 2.24) is 0 Å². The number of anilines is 1. The van der Waals surface area contributed by atoms with Crippen LogP contribution in [0.1, 0.15) is 42.0 Å². The fourth-order valence-corrected chi connectivity index (χ4v) is 3.81. The van der Waals surface area contributed by atoms with Crippen molar-refractivity contribution in [2.24, 2.45) is 0 Å². The maximum atomic E-state index is 3.70. The molecule has 1 nitrogen and oxygen atoms in total. The van der Waals surface area contributed by atoms with E-state index in [1.165, 1.54) is 22.3 Å². The van der Waals surface area contributed by atoms with Gasteiger partial charge in [-0.1, -0.05) is 78.9 Å². The van der Waals surface area contributed by atoms with E-state index in [1.807, 2.05) is 6.07 Å². The Bertz CT molecular complexity index is 906. The van der Waals surface area contributed by atoms with Crippen molar-refractivity contribution in [2.45, 2.75) is 25.3 Å². The molecule has 1 unspecified atom stereocenters. The molecule has 1 N–H and O–H groups in total. The van der Waals surface area contributed by atoms with Gasteiger partial charge in [0, 0.05) is 11.6 Å². The topological polar surface area (TPSA) is 12.0 Å². The standard InChI is InChI=1S/C24H23N/c1-24(2,25-19-11-4-3-5-12-19)23-15-9-8-14-22(23)21-17-16-18-10-6-7-13-20(18)21/h3-17,21,25H,1-2H3. The molecule has 3 aromatic rings. The fraction of sp³-hybridized carbons (Fsp3) is 0.167. The highest BCUT2D eigenvalue weighted by Crippen LogP contribution is 2.40. The highest BCUT2D eigenvalue weighted by Gasteiger charge is 2.28. The number of benzene rings is 3. The van der Waals surface area contributed by atoms with Crippen LogP contribution in [0.25, 0.3) is 6.08 Å². The lowest BCUT2D eigenvalue weighted by Crippen LogP contribution is -2.29. The summed E-state index contributed by atoms with van der Waals surface area (Å²) in [4.78, 5) is 0. The molecule has 0 saturated carbocycles. The molecule has 4 rings (SSSR count). The van der Waals surface area contributed by atoms with E-state index < -0.39 is 0 Å². The zero-order valence-corrected chi connectivity index (χ0v) is 14.7. The normalized spacial score (nSPS) is 15.8. The summed E-state index contributed by atoms with van der Waals surface area (Å²) >= 11 is 0. The summed E-state index contributed by atoms with van der Waals surface area (Å²) in [5.74, 6) is 0.323. The minimum absolute atomic E-state index is 0.163. The first-order valence-electron chi connectivity index (χ1n) is 8.85. The lowest BCUT2D eigenvalue weighted by atomic mass is 9.82. The molecule has 0 heterocycles. The molecule has 1 aliphatic carbocycles. The Morgan fingerprint density at radius 1 is 0.720 bits per heavy atom. The van der Waals surface area contributed by atoms with E-state index in [0.29, 0.717) is 5.92 Å². The summed E-state index contributed by atoms with van der Waals surface area (Å²) in [6.45, 7) is 4.51. The van der Waals surface area contributed by atoms with Crippen molar-refractivity contribution in [3.63, 3.8) is 0 Å². The molecule has 0 saturated heterocycles. The average molecular weight is 325 g/mol. The minimum Gasteiger partial charge on any atom is -0.376 e. The van der Waals surface area contributed by atoms with Gasteiger partial charge in [0.1, 0.15) is 0 Å². The molecular formula is C24H23N. The Labute approximate surface area is 150 Å². The lowest BCUT2D eigenvalue weighted by molar-refractivity contribution is 0.600. The number of allylic oxidation sites excluding steroid dienone is 1. The molecule has 25 heavy (non-hydrogen) atoms. The number of nitrogens with one attached hydrogen (secondary N) is 1. The van der Waals surface area contributed by atoms with E-state index in [9.17, 15) is 0 Å². The second kappa shape index (κ2) is 6.25. The summed E-state index contributed by atoms with van der Waals surface area (Å²) in [6, 6.07) is 27.9. The Balaban J connectivity index is 1.74. The van der Waals surface area contributed by atoms with Gasteiger partial charge >= 0.3 is 0 Å². The third kappa shape index (κ3) is 2.98. The van der Waals surface area contributed by atoms with Gasteiger partial charge in [0.05, 0.1) is 5.54 Å². The molecule has 0 amide bonds. The van der Waals surface area contributed by atoms with E-state index in [2.05, 4.69) is 104 Å². The largest absolute Gasteiger partial charge is 0.376 e. The molecular weight excluding hydrogens is 302 g/mol. The Hall–Kier alpha value is -2.80. The van der Waals surface area contributed by atoms with Crippen LogP contribution < -0.4 is 5.32 Å². The van der Waals surface area contributed by atoms with Gasteiger partial charge in [0.25, 0.3) is 0 Å². The molecule has 0 spiro atoms. The summed E-state index contributed by atoms with van der Waals surface area (Å²) in [5.41, 5.74) is 6.41. The van der Waals surface area contributed by atoms with Crippen LogP contribution in [0.4, 0.5) is 5.69 Å². The summed E-state index contributed by atoms with van der Waals surface area (Å²) < 4.78 is 0. The van der Waals surface area contributed by atoms with E-state index in [4.69, 9.17) is 0 Å². The summed E-state index contributed by atoms with van der Waals surface area (Å²) in [7, 11) is 0. The molecule has 3 aromatic carbocycles. The Morgan fingerprint density at radius 3 is 2.16 bits per heavy atom. The predicted octanol–water partition coefficient (Wildman–Crippen LogP) is 6.19. The van der Waals surface area contributed by atoms with Crippen LogP contribution in [0.2, 0.25) is 0 Å². The van der Waals surface area contributed by atoms with Crippen LogP contribution in [0.5, 0.6) is 0 Å². The van der Waals surface area contributed by atoms with Gasteiger partial charge in [-0.3, -0.25) is 0 Å². The number of hydrogen-bond donors (Lipinski definition) is 1. The lowest BCUT2D eigenvalue weighted by Gasteiger charge is -2.32. The van der Waals surface area contributed by atoms with Crippen molar-refractivity contribution < 1.29 is 0 Å². The highest BCUT2D eigenvalue weighted by atomic mass is 15.0. The summed E-state index contributed by atoms with van der Waals surface area (Å²) in [5, 5.41) is 3.70. The molecule has 0 aliphatic heterocycles. The first-order chi connectivity index (χ1) is 12.1. The fourth-order valence-electron chi connectivity index (χ4n) is 3.81. The number of rotatable bonds is 4. The smallest absolute Gasteiger partial charge is 0.0572 e. The van der Waals surface area contributed by atoms with Crippen LogP contribution in [0.3, 0.4) is 0 Å². The van der Waals surface area contributed by atoms with Crippen molar-refractivity contribution in [2.75, 3.05) is 5.32 Å². The first-order valence-corrected chi connectivity index (χ1v) is 8.85. The molecule has 124 valence electrons. The van der Waals surface area contributed by atoms with Crippen LogP contribution in [-0.2, 0) is 5.54 Å². The number of para-hydroxylation sites is 1. The van der Waals surface area contributed by atoms with Gasteiger partial charge in [-0.2, -0.15) is 0 Å². The van der Waals surface area contributed by atoms with Gasteiger partial charge in [0.15, 0.2) is 0 Å². The second-order valence-corrected chi connectivity index (χ2v) is 7.17. The third-order valence-corrected chi connectivity index (χ3v) is 5.00. The van der Waals surface area contributed by atoms with E-state index in [-0.39, 0.29) is 5.54 Å². The molecule has 0 bridgehead atoms. The molecule has 1 heteroatoms. The van der Waals surface area contributed by atoms with Crippen LogP contribution in [-0.4, -0.2) is 0 Å². The zero-order chi connectivity index (χ0) is 17.3. The molecule has 0 fully saturated rings. The number of fused-ring (bicyclic) bond motifs is 1. The molecule has 0 aromatic heterocycles. The Kier molecular flexibility index (Phi) is 3.93. The van der Waals surface area contributed by atoms with Crippen molar-refractivity contribution >= 4 is 11.8 Å². The molecule has 1 aliphatic rings. The Morgan fingerprint density at radius 2 is 1.36 bits per heavy atom. The van der Waals surface area contributed by atoms with Crippen LogP contribution >= 0.6 is 0 Å². The SMILES string of the molecule is CC(C)(Nc1ccccc1)c1ccccc1C1C=Cc2ccccc21. The van der Waals surface area contributed by atoms with Crippen molar-refractivity contribution in [3.8, 4) is 0 Å². The van der Waals surface area contributed by atoms with Gasteiger partial charge in [-0.25, -0.2) is 0 Å². The van der Waals surface area contributed by atoms with Crippen LogP contribution in [0, 0.1) is 0 Å². The molecule has 1 atom stereocenters. The molecule has 0 radical (unpaired) electrons. The maximum Gasteiger partial charge on any atom is 0.0572 e. The average Bonchev–Trinajstić information content (AvgIpc) is 3.06. The van der Waals surface area contributed by atoms with Gasteiger partial charge in [-0.05, 0) is 48.2 Å². The van der Waals surface area contributed by atoms with Crippen molar-refractivity contribution in [1.29, 1.82) is 0 Å². The van der Waals surface area contributed by atoms with Gasteiger partial charge < -0.3 is 5.32 Å². The quantitative estimate of drug-likeness (QED) is 0.603. The third-order valence-electron chi connectivity index (χ3n) is 5.00. The van der Waals surface area contributed by atoms with Crippen LogP contribution in [0.15, 0.2) is 84.9 Å². The summed E-state index contributed by atoms with van der Waals surface area (Å²) in [6.07, 6.45) is 4.57. The number of hydrogen-bond acceptors (Lipinski definition) is 1. The zero-order valence-electron chi connectivity index (χ0n) is 14.7. The minimum atomic E-state index is -0.163. The van der Waals surface area contributed by atoms with E-state index >= 15 is 0 Å². The first kappa shape index (κ1) is 15.7.